The van der Waals surface area contributed by atoms with Crippen LogP contribution in [0.3, 0.4) is 0 Å². The predicted octanol–water partition coefficient (Wildman–Crippen LogP) is 5.11. The van der Waals surface area contributed by atoms with E-state index in [4.69, 9.17) is 17.0 Å². The minimum Gasteiger partial charge on any atom is -0.465 e. The number of methoxy groups -OCH3 is 1. The minimum absolute atomic E-state index is 0.0168. The number of esters is 1. The van der Waals surface area contributed by atoms with Crippen molar-refractivity contribution in [3.8, 4) is 0 Å². The van der Waals surface area contributed by atoms with Gasteiger partial charge in [-0.1, -0.05) is 48.1 Å². The van der Waals surface area contributed by atoms with Crippen LogP contribution < -0.4 is 10.6 Å². The Labute approximate surface area is 186 Å². The van der Waals surface area contributed by atoms with Crippen molar-refractivity contribution in [3.05, 3.63) is 94.5 Å². The van der Waals surface area contributed by atoms with Crippen molar-refractivity contribution in [2.45, 2.75) is 19.3 Å². The van der Waals surface area contributed by atoms with Gasteiger partial charge in [0.2, 0.25) is 0 Å². The molecule has 1 atom stereocenters. The molecule has 1 aliphatic rings. The fourth-order valence-electron chi connectivity index (χ4n) is 3.67. The maximum absolute atomic E-state index is 12.9. The summed E-state index contributed by atoms with van der Waals surface area (Å²) in [7, 11) is 1.32. The Morgan fingerprint density at radius 3 is 2.55 bits per heavy atom. The molecular formula is C25H22N2O3S. The van der Waals surface area contributed by atoms with Gasteiger partial charge in [0.1, 0.15) is 0 Å². The van der Waals surface area contributed by atoms with Gasteiger partial charge < -0.3 is 15.4 Å². The molecule has 0 spiro atoms. The molecule has 156 valence electrons. The zero-order valence-electron chi connectivity index (χ0n) is 17.3. The lowest BCUT2D eigenvalue weighted by molar-refractivity contribution is 0.0600. The first-order valence-electron chi connectivity index (χ1n) is 9.94. The van der Waals surface area contributed by atoms with Gasteiger partial charge >= 0.3 is 5.97 Å². The number of hydrogen-bond acceptors (Lipinski definition) is 4. The Bertz CT molecular complexity index is 1170. The number of fused-ring (bicyclic) bond motifs is 1. The number of hydrogen-bond donors (Lipinski definition) is 2. The maximum Gasteiger partial charge on any atom is 0.337 e. The highest BCUT2D eigenvalue weighted by Gasteiger charge is 2.28. The van der Waals surface area contributed by atoms with Crippen molar-refractivity contribution < 1.29 is 14.3 Å². The summed E-state index contributed by atoms with van der Waals surface area (Å²) in [5.74, 6) is -0.688. The molecule has 1 heterocycles. The van der Waals surface area contributed by atoms with E-state index in [0.29, 0.717) is 16.8 Å². The second kappa shape index (κ2) is 8.70. The van der Waals surface area contributed by atoms with Gasteiger partial charge in [0.15, 0.2) is 0 Å². The van der Waals surface area contributed by atoms with Crippen LogP contribution in [0.1, 0.15) is 43.3 Å². The Morgan fingerprint density at radius 2 is 1.81 bits per heavy atom. The van der Waals surface area contributed by atoms with Crippen LogP contribution >= 0.6 is 12.2 Å². The lowest BCUT2D eigenvalue weighted by Gasteiger charge is -2.12. The Balaban J connectivity index is 1.55. The van der Waals surface area contributed by atoms with Crippen LogP contribution in [0, 0.1) is 6.92 Å². The van der Waals surface area contributed by atoms with Gasteiger partial charge in [0.05, 0.1) is 17.7 Å². The average molecular weight is 431 g/mol. The number of aryl methyl sites for hydroxylation is 1. The summed E-state index contributed by atoms with van der Waals surface area (Å²) in [6.07, 6.45) is 0.769. The van der Waals surface area contributed by atoms with E-state index in [1.807, 2.05) is 12.1 Å². The molecule has 1 amide bonds. The first-order chi connectivity index (χ1) is 14.9. The highest BCUT2D eigenvalue weighted by atomic mass is 32.1. The number of anilines is 2. The molecule has 4 rings (SSSR count). The zero-order chi connectivity index (χ0) is 22.0. The van der Waals surface area contributed by atoms with Crippen LogP contribution in [-0.4, -0.2) is 24.0 Å². The summed E-state index contributed by atoms with van der Waals surface area (Å²) in [4.78, 5) is 25.4. The van der Waals surface area contributed by atoms with Gasteiger partial charge in [0, 0.05) is 22.9 Å². The molecule has 0 aliphatic carbocycles. The van der Waals surface area contributed by atoms with Gasteiger partial charge in [-0.2, -0.15) is 0 Å². The lowest BCUT2D eigenvalue weighted by Crippen LogP contribution is -2.14. The standard InChI is InChI=1S/C25H22N2O3S/c1-15-6-8-16(9-7-15)12-21-20-14-17(10-11-22(20)27-24(21)31)23(28)26-19-5-3-4-18(13-19)25(29)30-2/h3-11,13-14,21H,12H2,1-2H3,(H,26,28)(H,27,31). The molecule has 0 saturated carbocycles. The number of carbonyl (C=O) groups excluding carboxylic acids is 2. The highest BCUT2D eigenvalue weighted by molar-refractivity contribution is 7.80. The van der Waals surface area contributed by atoms with Crippen LogP contribution in [-0.2, 0) is 11.2 Å². The van der Waals surface area contributed by atoms with Crippen molar-refractivity contribution >= 4 is 40.5 Å². The smallest absolute Gasteiger partial charge is 0.337 e. The summed E-state index contributed by atoms with van der Waals surface area (Å²) >= 11 is 5.58. The number of benzene rings is 3. The molecule has 0 saturated heterocycles. The maximum atomic E-state index is 12.9. The van der Waals surface area contributed by atoms with E-state index >= 15 is 0 Å². The first-order valence-corrected chi connectivity index (χ1v) is 10.4. The molecular weight excluding hydrogens is 408 g/mol. The number of carbonyl (C=O) groups is 2. The summed E-state index contributed by atoms with van der Waals surface area (Å²) in [6.45, 7) is 2.06. The second-order valence-corrected chi connectivity index (χ2v) is 8.00. The van der Waals surface area contributed by atoms with E-state index in [-0.39, 0.29) is 11.8 Å². The van der Waals surface area contributed by atoms with Gasteiger partial charge in [-0.15, -0.1) is 0 Å². The predicted molar refractivity (Wildman–Crippen MR) is 126 cm³/mol. The van der Waals surface area contributed by atoms with Crippen LogP contribution in [0.4, 0.5) is 11.4 Å². The third-order valence-electron chi connectivity index (χ3n) is 5.37. The quantitative estimate of drug-likeness (QED) is 0.435. The first kappa shape index (κ1) is 20.8. The second-order valence-electron chi connectivity index (χ2n) is 7.56. The molecule has 1 unspecified atom stereocenters. The molecule has 3 aromatic rings. The summed E-state index contributed by atoms with van der Waals surface area (Å²) in [5, 5.41) is 6.12. The zero-order valence-corrected chi connectivity index (χ0v) is 18.1. The van der Waals surface area contributed by atoms with E-state index in [1.54, 1.807) is 30.3 Å². The summed E-state index contributed by atoms with van der Waals surface area (Å²) < 4.78 is 4.74. The molecule has 0 radical (unpaired) electrons. The molecule has 1 aliphatic heterocycles. The fraction of sp³-hybridized carbons (Fsp3) is 0.160. The van der Waals surface area contributed by atoms with Crippen LogP contribution in [0.15, 0.2) is 66.7 Å². The Morgan fingerprint density at radius 1 is 1.03 bits per heavy atom. The highest BCUT2D eigenvalue weighted by Crippen LogP contribution is 2.36. The van der Waals surface area contributed by atoms with E-state index in [2.05, 4.69) is 41.8 Å². The number of nitrogens with one attached hydrogen (secondary N) is 2. The monoisotopic (exact) mass is 430 g/mol. The SMILES string of the molecule is COC(=O)c1cccc(NC(=O)c2ccc3c(c2)C(Cc2ccc(C)cc2)C(=S)N3)c1. The number of amides is 1. The van der Waals surface area contributed by atoms with Gasteiger partial charge in [-0.05, 0) is 60.9 Å². The Hall–Kier alpha value is -3.51. The van der Waals surface area contributed by atoms with E-state index in [1.165, 1.54) is 18.2 Å². The van der Waals surface area contributed by atoms with Gasteiger partial charge in [-0.3, -0.25) is 4.79 Å². The van der Waals surface area contributed by atoms with Crippen LogP contribution in [0.25, 0.3) is 0 Å². The number of ether oxygens (including phenoxy) is 1. The third kappa shape index (κ3) is 4.49. The molecule has 0 bridgehead atoms. The summed E-state index contributed by atoms with van der Waals surface area (Å²) in [6, 6.07) is 20.6. The van der Waals surface area contributed by atoms with Crippen molar-refractivity contribution in [1.82, 2.24) is 0 Å². The minimum atomic E-state index is -0.452. The van der Waals surface area contributed by atoms with Crippen molar-refractivity contribution in [2.24, 2.45) is 0 Å². The van der Waals surface area contributed by atoms with Gasteiger partial charge in [-0.25, -0.2) is 4.79 Å². The van der Waals surface area contributed by atoms with Crippen molar-refractivity contribution in [2.75, 3.05) is 17.7 Å². The molecule has 5 nitrogen and oxygen atoms in total. The average Bonchev–Trinajstić information content (AvgIpc) is 3.09. The number of rotatable bonds is 5. The van der Waals surface area contributed by atoms with Crippen LogP contribution in [0.5, 0.6) is 0 Å². The molecule has 0 fully saturated rings. The van der Waals surface area contributed by atoms with Crippen LogP contribution in [0.2, 0.25) is 0 Å². The van der Waals surface area contributed by atoms with E-state index < -0.39 is 5.97 Å². The summed E-state index contributed by atoms with van der Waals surface area (Å²) in [5.41, 5.74) is 5.80. The molecule has 31 heavy (non-hydrogen) atoms. The number of thiocarbonyl (C=S) groups is 1. The Kier molecular flexibility index (Phi) is 5.82. The van der Waals surface area contributed by atoms with E-state index in [9.17, 15) is 9.59 Å². The largest absolute Gasteiger partial charge is 0.465 e. The lowest BCUT2D eigenvalue weighted by atomic mass is 9.92. The molecule has 3 aromatic carbocycles. The topological polar surface area (TPSA) is 67.4 Å². The van der Waals surface area contributed by atoms with Crippen molar-refractivity contribution in [1.29, 1.82) is 0 Å². The van der Waals surface area contributed by atoms with Gasteiger partial charge in [0.25, 0.3) is 5.91 Å². The van der Waals surface area contributed by atoms with E-state index in [0.717, 1.165) is 22.7 Å². The fourth-order valence-corrected chi connectivity index (χ4v) is 3.99. The third-order valence-corrected chi connectivity index (χ3v) is 5.75. The van der Waals surface area contributed by atoms with Crippen molar-refractivity contribution in [3.63, 3.8) is 0 Å². The molecule has 6 heteroatoms. The molecule has 2 N–H and O–H groups in total. The molecule has 0 aromatic heterocycles. The normalized spacial score (nSPS) is 14.5.